The van der Waals surface area contributed by atoms with Gasteiger partial charge in [0.05, 0.1) is 24.1 Å². The zero-order chi connectivity index (χ0) is 19.0. The van der Waals surface area contributed by atoms with Gasteiger partial charge in [-0.25, -0.2) is 14.4 Å². The van der Waals surface area contributed by atoms with E-state index in [-0.39, 0.29) is 11.9 Å². The molecule has 2 aromatic carbocycles. The Hall–Kier alpha value is -3.39. The maximum Gasteiger partial charge on any atom is 0.264 e. The average molecular weight is 380 g/mol. The predicted octanol–water partition coefficient (Wildman–Crippen LogP) is 2.81. The van der Waals surface area contributed by atoms with Crippen molar-refractivity contribution in [3.8, 4) is 10.6 Å². The fraction of sp³-hybridized carbons (Fsp3) is 0.0526. The highest BCUT2D eigenvalue weighted by molar-refractivity contribution is 7.13. The van der Waals surface area contributed by atoms with Crippen LogP contribution >= 0.6 is 11.3 Å². The highest BCUT2D eigenvalue weighted by atomic mass is 32.1. The number of nitrogens with zero attached hydrogens (tertiary/aromatic N) is 3. The van der Waals surface area contributed by atoms with Crippen LogP contribution in [0.4, 0.5) is 4.39 Å². The van der Waals surface area contributed by atoms with Crippen LogP contribution in [-0.2, 0) is 6.54 Å². The molecule has 0 aliphatic rings. The lowest BCUT2D eigenvalue weighted by Crippen LogP contribution is -2.22. The topological polar surface area (TPSA) is 90.9 Å². The number of halogens is 1. The van der Waals surface area contributed by atoms with Gasteiger partial charge in [-0.2, -0.15) is 0 Å². The molecule has 0 fully saturated rings. The number of primary amides is 1. The van der Waals surface area contributed by atoms with Crippen molar-refractivity contribution in [2.24, 2.45) is 5.73 Å². The van der Waals surface area contributed by atoms with E-state index in [1.807, 2.05) is 5.38 Å². The Morgan fingerprint density at radius 2 is 1.96 bits per heavy atom. The molecule has 2 heterocycles. The van der Waals surface area contributed by atoms with Crippen LogP contribution in [0.3, 0.4) is 0 Å². The number of fused-ring (bicyclic) bond motifs is 1. The summed E-state index contributed by atoms with van der Waals surface area (Å²) < 4.78 is 15.3. The molecular weight excluding hydrogens is 367 g/mol. The molecule has 27 heavy (non-hydrogen) atoms. The minimum atomic E-state index is -0.590. The summed E-state index contributed by atoms with van der Waals surface area (Å²) in [6.45, 7) is 0.186. The summed E-state index contributed by atoms with van der Waals surface area (Å²) in [5, 5.41) is 2.54. The van der Waals surface area contributed by atoms with Crippen molar-refractivity contribution in [1.82, 2.24) is 14.5 Å². The molecule has 0 aliphatic carbocycles. The van der Waals surface area contributed by atoms with Crippen LogP contribution < -0.4 is 11.3 Å². The number of nitrogens with two attached hydrogens (primary N) is 1. The third-order valence-corrected chi connectivity index (χ3v) is 5.04. The maximum absolute atomic E-state index is 14.0. The number of amides is 1. The highest BCUT2D eigenvalue weighted by Gasteiger charge is 2.11. The zero-order valence-electron chi connectivity index (χ0n) is 13.9. The van der Waals surface area contributed by atoms with Gasteiger partial charge in [-0.1, -0.05) is 18.2 Å². The van der Waals surface area contributed by atoms with Gasteiger partial charge in [-0.3, -0.25) is 14.2 Å². The molecule has 0 atom stereocenters. The SMILES string of the molecule is NC(=O)c1ccc(-c2nc(Cn3cnc4cccc(F)c4c3=O)cs2)cc1. The van der Waals surface area contributed by atoms with Crippen molar-refractivity contribution in [1.29, 1.82) is 0 Å². The summed E-state index contributed by atoms with van der Waals surface area (Å²) in [4.78, 5) is 32.4. The summed E-state index contributed by atoms with van der Waals surface area (Å²) in [6.07, 6.45) is 1.39. The number of hydrogen-bond acceptors (Lipinski definition) is 5. The van der Waals surface area contributed by atoms with Gasteiger partial charge in [0.15, 0.2) is 0 Å². The van der Waals surface area contributed by atoms with Crippen molar-refractivity contribution in [3.05, 3.63) is 81.6 Å². The van der Waals surface area contributed by atoms with Gasteiger partial charge in [0.25, 0.3) is 5.56 Å². The van der Waals surface area contributed by atoms with Crippen molar-refractivity contribution in [2.45, 2.75) is 6.54 Å². The fourth-order valence-corrected chi connectivity index (χ4v) is 3.55. The predicted molar refractivity (Wildman–Crippen MR) is 101 cm³/mol. The molecule has 4 aromatic rings. The molecule has 0 bridgehead atoms. The smallest absolute Gasteiger partial charge is 0.264 e. The number of carbonyl (C=O) groups is 1. The lowest BCUT2D eigenvalue weighted by Gasteiger charge is -2.05. The summed E-state index contributed by atoms with van der Waals surface area (Å²) in [7, 11) is 0. The number of rotatable bonds is 4. The van der Waals surface area contributed by atoms with Crippen LogP contribution in [0.5, 0.6) is 0 Å². The van der Waals surface area contributed by atoms with Crippen LogP contribution in [0.2, 0.25) is 0 Å². The molecule has 8 heteroatoms. The van der Waals surface area contributed by atoms with Crippen LogP contribution in [0.25, 0.3) is 21.5 Å². The molecule has 4 rings (SSSR count). The first-order valence-electron chi connectivity index (χ1n) is 8.01. The van der Waals surface area contributed by atoms with Gasteiger partial charge in [-0.05, 0) is 24.3 Å². The van der Waals surface area contributed by atoms with E-state index in [0.29, 0.717) is 16.8 Å². The molecule has 0 radical (unpaired) electrons. The van der Waals surface area contributed by atoms with E-state index >= 15 is 0 Å². The lowest BCUT2D eigenvalue weighted by molar-refractivity contribution is 0.100. The Morgan fingerprint density at radius 3 is 2.70 bits per heavy atom. The molecule has 0 spiro atoms. The summed E-state index contributed by atoms with van der Waals surface area (Å²) >= 11 is 1.41. The first-order valence-corrected chi connectivity index (χ1v) is 8.89. The standard InChI is InChI=1S/C19H13FN4O2S/c20-14-2-1-3-15-16(14)19(26)24(10-22-15)8-13-9-27-18(23-13)12-6-4-11(5-7-12)17(21)25/h1-7,9-10H,8H2,(H2,21,25). The van der Waals surface area contributed by atoms with E-state index in [1.165, 1.54) is 34.4 Å². The Balaban J connectivity index is 1.64. The first-order chi connectivity index (χ1) is 13.0. The number of thiazole rings is 1. The summed E-state index contributed by atoms with van der Waals surface area (Å²) in [5.41, 5.74) is 7.04. The molecule has 134 valence electrons. The minimum Gasteiger partial charge on any atom is -0.366 e. The van der Waals surface area contributed by atoms with E-state index in [2.05, 4.69) is 9.97 Å². The van der Waals surface area contributed by atoms with Crippen LogP contribution in [0.1, 0.15) is 16.1 Å². The van der Waals surface area contributed by atoms with E-state index < -0.39 is 17.3 Å². The second-order valence-electron chi connectivity index (χ2n) is 5.90. The van der Waals surface area contributed by atoms with Crippen molar-refractivity contribution < 1.29 is 9.18 Å². The highest BCUT2D eigenvalue weighted by Crippen LogP contribution is 2.24. The molecule has 0 saturated carbocycles. The van der Waals surface area contributed by atoms with Gasteiger partial charge in [0, 0.05) is 16.5 Å². The van der Waals surface area contributed by atoms with E-state index in [1.54, 1.807) is 30.3 Å². The van der Waals surface area contributed by atoms with E-state index in [0.717, 1.165) is 10.6 Å². The average Bonchev–Trinajstić information content (AvgIpc) is 3.13. The maximum atomic E-state index is 14.0. The molecular formula is C19H13FN4O2S. The monoisotopic (exact) mass is 380 g/mol. The number of carbonyl (C=O) groups excluding carboxylic acids is 1. The Kier molecular flexibility index (Phi) is 4.25. The van der Waals surface area contributed by atoms with E-state index in [9.17, 15) is 14.0 Å². The minimum absolute atomic E-state index is 0.0301. The first kappa shape index (κ1) is 17.0. The normalized spacial score (nSPS) is 11.0. The third kappa shape index (κ3) is 3.22. The largest absolute Gasteiger partial charge is 0.366 e. The van der Waals surface area contributed by atoms with Gasteiger partial charge < -0.3 is 5.73 Å². The molecule has 0 unspecified atom stereocenters. The molecule has 1 amide bonds. The molecule has 6 nitrogen and oxygen atoms in total. The Bertz CT molecular complexity index is 1210. The second kappa shape index (κ2) is 6.73. The zero-order valence-corrected chi connectivity index (χ0v) is 14.7. The summed E-state index contributed by atoms with van der Waals surface area (Å²) in [6, 6.07) is 11.2. The molecule has 0 saturated heterocycles. The molecule has 2 N–H and O–H groups in total. The van der Waals surface area contributed by atoms with Gasteiger partial charge in [0.1, 0.15) is 16.2 Å². The fourth-order valence-electron chi connectivity index (χ4n) is 2.74. The molecule has 0 aliphatic heterocycles. The van der Waals surface area contributed by atoms with E-state index in [4.69, 9.17) is 5.73 Å². The Morgan fingerprint density at radius 1 is 1.19 bits per heavy atom. The van der Waals surface area contributed by atoms with Crippen molar-refractivity contribution in [2.75, 3.05) is 0 Å². The number of benzene rings is 2. The third-order valence-electron chi connectivity index (χ3n) is 4.10. The number of aromatic nitrogens is 3. The van der Waals surface area contributed by atoms with Crippen LogP contribution in [0, 0.1) is 5.82 Å². The second-order valence-corrected chi connectivity index (χ2v) is 6.76. The van der Waals surface area contributed by atoms with Gasteiger partial charge in [0.2, 0.25) is 5.91 Å². The number of hydrogen-bond donors (Lipinski definition) is 1. The lowest BCUT2D eigenvalue weighted by atomic mass is 10.1. The molecule has 2 aromatic heterocycles. The quantitative estimate of drug-likeness (QED) is 0.589. The van der Waals surface area contributed by atoms with Crippen LogP contribution in [-0.4, -0.2) is 20.4 Å². The van der Waals surface area contributed by atoms with Gasteiger partial charge >= 0.3 is 0 Å². The van der Waals surface area contributed by atoms with Crippen molar-refractivity contribution >= 4 is 28.1 Å². The van der Waals surface area contributed by atoms with Crippen molar-refractivity contribution in [3.63, 3.8) is 0 Å². The Labute approximate surface area is 156 Å². The van der Waals surface area contributed by atoms with Gasteiger partial charge in [-0.15, -0.1) is 11.3 Å². The van der Waals surface area contributed by atoms with Crippen LogP contribution in [0.15, 0.2) is 59.0 Å². The summed E-state index contributed by atoms with van der Waals surface area (Å²) in [5.74, 6) is -1.08.